The average molecular weight is 385 g/mol. The van der Waals surface area contributed by atoms with Gasteiger partial charge in [-0.25, -0.2) is 8.78 Å². The van der Waals surface area contributed by atoms with Crippen molar-refractivity contribution in [1.82, 2.24) is 25.2 Å². The van der Waals surface area contributed by atoms with E-state index in [0.29, 0.717) is 15.8 Å². The Labute approximate surface area is 149 Å². The number of hydrogen-bond acceptors (Lipinski definition) is 5. The molecular weight excluding hydrogens is 373 g/mol. The third-order valence-electron chi connectivity index (χ3n) is 3.81. The molecule has 6 nitrogen and oxygen atoms in total. The van der Waals surface area contributed by atoms with E-state index < -0.39 is 30.3 Å². The number of alkyl halides is 5. The van der Waals surface area contributed by atoms with Crippen LogP contribution in [-0.4, -0.2) is 36.4 Å². The van der Waals surface area contributed by atoms with Gasteiger partial charge in [-0.1, -0.05) is 18.2 Å². The Morgan fingerprint density at radius 3 is 2.15 bits per heavy atom. The number of rotatable bonds is 5. The van der Waals surface area contributed by atoms with Crippen LogP contribution in [0.3, 0.4) is 0 Å². The Hall–Kier alpha value is -2.95. The zero-order valence-corrected chi connectivity index (χ0v) is 13.4. The molecule has 0 aliphatic heterocycles. The quantitative estimate of drug-likeness (QED) is 0.682. The van der Waals surface area contributed by atoms with E-state index in [4.69, 9.17) is 0 Å². The van der Waals surface area contributed by atoms with Gasteiger partial charge in [-0.3, -0.25) is 4.98 Å². The van der Waals surface area contributed by atoms with Crippen molar-refractivity contribution in [1.29, 1.82) is 0 Å². The molecule has 1 N–H and O–H groups in total. The molecule has 3 unspecified atom stereocenters. The number of aliphatic hydroxyl groups is 1. The fourth-order valence-corrected chi connectivity index (χ4v) is 2.34. The second kappa shape index (κ2) is 7.35. The monoisotopic (exact) mass is 385 g/mol. The molecule has 2 aromatic heterocycles. The van der Waals surface area contributed by atoms with Gasteiger partial charge in [0.1, 0.15) is 12.4 Å². The van der Waals surface area contributed by atoms with Crippen LogP contribution in [0.15, 0.2) is 48.9 Å². The average Bonchev–Trinajstić information content (AvgIpc) is 3.20. The van der Waals surface area contributed by atoms with Gasteiger partial charge in [-0.15, -0.1) is 5.10 Å². The van der Waals surface area contributed by atoms with Crippen molar-refractivity contribution < 1.29 is 27.1 Å². The predicted octanol–water partition coefficient (Wildman–Crippen LogP) is 3.29. The smallest absolute Gasteiger partial charge is 0.385 e. The van der Waals surface area contributed by atoms with Crippen LogP contribution < -0.4 is 0 Å². The number of aliphatic hydroxyl groups excluding tert-OH is 1. The third kappa shape index (κ3) is 4.08. The molecule has 27 heavy (non-hydrogen) atoms. The molecule has 0 saturated heterocycles. The highest BCUT2D eigenvalue weighted by atomic mass is 19.4. The first-order chi connectivity index (χ1) is 12.8. The Balaban J connectivity index is 1.74. The zero-order valence-electron chi connectivity index (χ0n) is 13.4. The summed E-state index contributed by atoms with van der Waals surface area (Å²) in [6.45, 7) is 0. The highest BCUT2D eigenvalue weighted by Crippen LogP contribution is 2.32. The molecular formula is C16H12F5N5O. The van der Waals surface area contributed by atoms with E-state index in [1.165, 1.54) is 30.5 Å². The summed E-state index contributed by atoms with van der Waals surface area (Å²) in [7, 11) is 0. The summed E-state index contributed by atoms with van der Waals surface area (Å²) < 4.78 is 66.6. The molecule has 11 heteroatoms. The largest absolute Gasteiger partial charge is 0.416 e. The topological polar surface area (TPSA) is 76.7 Å². The van der Waals surface area contributed by atoms with E-state index in [-0.39, 0.29) is 5.69 Å². The van der Waals surface area contributed by atoms with Gasteiger partial charge in [-0.05, 0) is 34.2 Å². The second-order valence-corrected chi connectivity index (χ2v) is 5.60. The van der Waals surface area contributed by atoms with Gasteiger partial charge in [0.05, 0.1) is 11.3 Å². The van der Waals surface area contributed by atoms with E-state index in [1.807, 2.05) is 0 Å². The third-order valence-corrected chi connectivity index (χ3v) is 3.81. The first-order valence-corrected chi connectivity index (χ1v) is 7.59. The van der Waals surface area contributed by atoms with Gasteiger partial charge < -0.3 is 5.11 Å². The molecule has 3 aromatic rings. The summed E-state index contributed by atoms with van der Waals surface area (Å²) in [5.74, 6) is 0. The number of nitrogens with zero attached hydrogens (tertiary/aromatic N) is 5. The minimum Gasteiger partial charge on any atom is -0.385 e. The molecule has 0 radical (unpaired) electrons. The van der Waals surface area contributed by atoms with Crippen LogP contribution in [0.25, 0.3) is 11.1 Å². The summed E-state index contributed by atoms with van der Waals surface area (Å²) in [6, 6.07) is 6.99. The minimum absolute atomic E-state index is 0.242. The van der Waals surface area contributed by atoms with Crippen molar-refractivity contribution in [3.63, 3.8) is 0 Å². The van der Waals surface area contributed by atoms with E-state index in [0.717, 1.165) is 18.5 Å². The fraction of sp³-hybridized carbons (Fsp3) is 0.250. The Morgan fingerprint density at radius 2 is 1.63 bits per heavy atom. The van der Waals surface area contributed by atoms with Crippen LogP contribution in [0.5, 0.6) is 0 Å². The molecule has 142 valence electrons. The SMILES string of the molecule is OC(C(F)c1ccc(-c2ccc(C(F)(F)F)cc2)cn1)C(F)n1cnnn1. The van der Waals surface area contributed by atoms with E-state index in [9.17, 15) is 27.1 Å². The van der Waals surface area contributed by atoms with Gasteiger partial charge in [-0.2, -0.15) is 17.9 Å². The van der Waals surface area contributed by atoms with E-state index in [1.54, 1.807) is 0 Å². The summed E-state index contributed by atoms with van der Waals surface area (Å²) in [4.78, 5) is 3.83. The van der Waals surface area contributed by atoms with Gasteiger partial charge in [0.2, 0.25) is 6.30 Å². The van der Waals surface area contributed by atoms with Crippen LogP contribution in [0.2, 0.25) is 0 Å². The van der Waals surface area contributed by atoms with Crippen LogP contribution >= 0.6 is 0 Å². The molecule has 2 heterocycles. The second-order valence-electron chi connectivity index (χ2n) is 5.60. The Morgan fingerprint density at radius 1 is 0.963 bits per heavy atom. The lowest BCUT2D eigenvalue weighted by molar-refractivity contribution is -0.137. The van der Waals surface area contributed by atoms with Gasteiger partial charge >= 0.3 is 6.18 Å². The van der Waals surface area contributed by atoms with Crippen molar-refractivity contribution in [3.05, 3.63) is 60.2 Å². The summed E-state index contributed by atoms with van der Waals surface area (Å²) in [5, 5.41) is 19.4. The summed E-state index contributed by atoms with van der Waals surface area (Å²) in [6.07, 6.45) is -8.81. The molecule has 0 fully saturated rings. The number of tetrazole rings is 1. The Bertz CT molecular complexity index is 868. The number of pyridine rings is 1. The maximum Gasteiger partial charge on any atom is 0.416 e. The van der Waals surface area contributed by atoms with E-state index >= 15 is 0 Å². The van der Waals surface area contributed by atoms with Crippen molar-refractivity contribution in [2.75, 3.05) is 0 Å². The molecule has 0 saturated carbocycles. The minimum atomic E-state index is -4.44. The first-order valence-electron chi connectivity index (χ1n) is 7.59. The fourth-order valence-electron chi connectivity index (χ4n) is 2.34. The molecule has 0 aliphatic carbocycles. The van der Waals surface area contributed by atoms with Crippen LogP contribution in [-0.2, 0) is 6.18 Å². The number of halogens is 5. The maximum atomic E-state index is 14.3. The zero-order chi connectivity index (χ0) is 19.6. The molecule has 0 bridgehead atoms. The first kappa shape index (κ1) is 18.8. The number of aromatic nitrogens is 5. The van der Waals surface area contributed by atoms with E-state index in [2.05, 4.69) is 20.5 Å². The lowest BCUT2D eigenvalue weighted by Crippen LogP contribution is -2.26. The summed E-state index contributed by atoms with van der Waals surface area (Å²) >= 11 is 0. The highest BCUT2D eigenvalue weighted by molar-refractivity contribution is 5.62. The van der Waals surface area contributed by atoms with Crippen molar-refractivity contribution in [2.45, 2.75) is 24.7 Å². The maximum absolute atomic E-state index is 14.3. The Kier molecular flexibility index (Phi) is 5.13. The summed E-state index contributed by atoms with van der Waals surface area (Å²) in [5.41, 5.74) is -0.158. The molecule has 0 aliphatic rings. The van der Waals surface area contributed by atoms with Gasteiger partial charge in [0.15, 0.2) is 6.17 Å². The molecule has 3 rings (SSSR count). The molecule has 0 spiro atoms. The normalized spacial score (nSPS) is 15.3. The van der Waals surface area contributed by atoms with Crippen molar-refractivity contribution in [2.24, 2.45) is 0 Å². The van der Waals surface area contributed by atoms with Crippen molar-refractivity contribution >= 4 is 0 Å². The van der Waals surface area contributed by atoms with Gasteiger partial charge in [0.25, 0.3) is 0 Å². The highest BCUT2D eigenvalue weighted by Gasteiger charge is 2.32. The number of benzene rings is 1. The van der Waals surface area contributed by atoms with Crippen LogP contribution in [0.1, 0.15) is 23.7 Å². The van der Waals surface area contributed by atoms with Crippen molar-refractivity contribution in [3.8, 4) is 11.1 Å². The van der Waals surface area contributed by atoms with Gasteiger partial charge in [0, 0.05) is 11.8 Å². The number of hydrogen-bond donors (Lipinski definition) is 1. The standard InChI is InChI=1S/C16H12F5N5O/c17-13(14(27)15(18)26-8-23-24-25-26)12-6-3-10(7-22-12)9-1-4-11(5-2-9)16(19,20)21/h1-8,13-15,27H. The van der Waals surface area contributed by atoms with Crippen LogP contribution in [0.4, 0.5) is 22.0 Å². The molecule has 1 aromatic carbocycles. The lowest BCUT2D eigenvalue weighted by Gasteiger charge is -2.18. The predicted molar refractivity (Wildman–Crippen MR) is 82.5 cm³/mol. The lowest BCUT2D eigenvalue weighted by atomic mass is 10.0. The van der Waals surface area contributed by atoms with Crippen LogP contribution in [0, 0.1) is 0 Å². The molecule has 3 atom stereocenters. The molecule has 0 amide bonds.